The summed E-state index contributed by atoms with van der Waals surface area (Å²) in [6.45, 7) is 5.56. The van der Waals surface area contributed by atoms with E-state index in [4.69, 9.17) is 0 Å². The molecule has 3 aromatic heterocycles. The second-order valence-electron chi connectivity index (χ2n) is 9.98. The van der Waals surface area contributed by atoms with Gasteiger partial charge in [0, 0.05) is 26.9 Å². The molecule has 3 aromatic rings. The zero-order valence-electron chi connectivity index (χ0n) is 19.9. The van der Waals surface area contributed by atoms with Gasteiger partial charge in [-0.1, -0.05) is 13.8 Å². The molecule has 35 heavy (non-hydrogen) atoms. The van der Waals surface area contributed by atoms with E-state index in [1.807, 2.05) is 4.90 Å². The molecule has 1 aliphatic carbocycles. The molecule has 5 rings (SSSR count). The van der Waals surface area contributed by atoms with E-state index in [0.29, 0.717) is 42.8 Å². The summed E-state index contributed by atoms with van der Waals surface area (Å²) in [4.78, 5) is 19.6. The van der Waals surface area contributed by atoms with Gasteiger partial charge in [-0.3, -0.25) is 9.48 Å². The van der Waals surface area contributed by atoms with Crippen LogP contribution in [0.1, 0.15) is 75.9 Å². The van der Waals surface area contributed by atoms with E-state index >= 15 is 0 Å². The summed E-state index contributed by atoms with van der Waals surface area (Å²) in [5.41, 5.74) is 0.0750. The molecule has 0 unspecified atom stereocenters. The maximum absolute atomic E-state index is 13.8. The molecule has 0 radical (unpaired) electrons. The molecule has 9 nitrogen and oxygen atoms in total. The number of carbonyl (C=O) groups excluding carboxylic acids is 1. The number of rotatable bonds is 6. The molecule has 2 N–H and O–H groups in total. The normalized spacial score (nSPS) is 23.1. The van der Waals surface area contributed by atoms with Crippen LogP contribution in [0.2, 0.25) is 0 Å². The number of alkyl halides is 2. The zero-order valence-corrected chi connectivity index (χ0v) is 19.9. The number of anilines is 2. The van der Waals surface area contributed by atoms with Gasteiger partial charge in [0.2, 0.25) is 0 Å². The number of aliphatic hydroxyl groups is 1. The lowest BCUT2D eigenvalue weighted by molar-refractivity contribution is 0.102. The monoisotopic (exact) mass is 489 g/mol. The minimum atomic E-state index is -2.81. The van der Waals surface area contributed by atoms with Crippen LogP contribution in [0.4, 0.5) is 20.3 Å². The Labute approximate surface area is 203 Å². The average molecular weight is 490 g/mol. The van der Waals surface area contributed by atoms with Crippen LogP contribution >= 0.6 is 0 Å². The maximum Gasteiger partial charge on any atom is 0.284 e. The average Bonchev–Trinajstić information content (AvgIpc) is 3.56. The first-order valence-electron chi connectivity index (χ1n) is 12.3. The van der Waals surface area contributed by atoms with Crippen molar-refractivity contribution in [3.8, 4) is 0 Å². The standard InChI is InChI=1S/C24H31F2N7O2.H2/c1-14(2)15-3-5-16(6-4-15)33-13-19(21(30-33)22(25)26)28-24(35)18-11-27-32-10-8-20(29-23(18)32)31-9-7-17(34)12-31;/h8,10-11,13-17,22,34H,3-7,9,12H2,1-2H3,(H,28,35);1H/t15?,16?,17-;/m1./s1. The highest BCUT2D eigenvalue weighted by molar-refractivity contribution is 6.08. The molecule has 1 saturated carbocycles. The number of hydrogen-bond donors (Lipinski definition) is 2. The maximum atomic E-state index is 13.8. The Morgan fingerprint density at radius 3 is 2.66 bits per heavy atom. The number of β-amino-alcohol motifs (C(OH)–C–C–N with tert-alkyl or cyclic N) is 1. The smallest absolute Gasteiger partial charge is 0.284 e. The number of fused-ring (bicyclic) bond motifs is 1. The van der Waals surface area contributed by atoms with Gasteiger partial charge in [0.15, 0.2) is 11.3 Å². The molecule has 4 heterocycles. The summed E-state index contributed by atoms with van der Waals surface area (Å²) in [6, 6.07) is 1.82. The van der Waals surface area contributed by atoms with Crippen LogP contribution in [-0.2, 0) is 0 Å². The third-order valence-electron chi connectivity index (χ3n) is 7.36. The van der Waals surface area contributed by atoms with E-state index in [1.165, 1.54) is 16.9 Å². The Morgan fingerprint density at radius 2 is 2.00 bits per heavy atom. The van der Waals surface area contributed by atoms with E-state index in [2.05, 4.69) is 34.3 Å². The molecular formula is C24H33F2N7O2. The molecule has 0 aromatic carbocycles. The molecule has 1 amide bonds. The second kappa shape index (κ2) is 9.52. The van der Waals surface area contributed by atoms with Gasteiger partial charge in [0.25, 0.3) is 12.3 Å². The van der Waals surface area contributed by atoms with Gasteiger partial charge in [-0.2, -0.15) is 10.2 Å². The Morgan fingerprint density at radius 1 is 1.23 bits per heavy atom. The van der Waals surface area contributed by atoms with Crippen molar-refractivity contribution >= 4 is 23.1 Å². The summed E-state index contributed by atoms with van der Waals surface area (Å²) in [5.74, 6) is 1.31. The van der Waals surface area contributed by atoms with Crippen LogP contribution in [0.3, 0.4) is 0 Å². The largest absolute Gasteiger partial charge is 0.391 e. The van der Waals surface area contributed by atoms with Gasteiger partial charge in [0.1, 0.15) is 11.4 Å². The minimum absolute atomic E-state index is 0. The number of aliphatic hydroxyl groups excluding tert-OH is 1. The first-order chi connectivity index (χ1) is 16.8. The first-order valence-corrected chi connectivity index (χ1v) is 12.3. The summed E-state index contributed by atoms with van der Waals surface area (Å²) in [6.07, 6.45) is 5.86. The first kappa shape index (κ1) is 23.7. The molecule has 1 saturated heterocycles. The lowest BCUT2D eigenvalue weighted by Crippen LogP contribution is -2.22. The van der Waals surface area contributed by atoms with Crippen molar-refractivity contribution in [2.75, 3.05) is 23.3 Å². The fourth-order valence-electron chi connectivity index (χ4n) is 5.22. The van der Waals surface area contributed by atoms with Gasteiger partial charge in [-0.05, 0) is 50.0 Å². The van der Waals surface area contributed by atoms with Crippen LogP contribution < -0.4 is 10.2 Å². The van der Waals surface area contributed by atoms with E-state index in [9.17, 15) is 18.7 Å². The van der Waals surface area contributed by atoms with Crippen molar-refractivity contribution in [3.05, 3.63) is 35.9 Å². The van der Waals surface area contributed by atoms with E-state index in [-0.39, 0.29) is 18.7 Å². The Hall–Kier alpha value is -3.08. The van der Waals surface area contributed by atoms with Crippen molar-refractivity contribution in [1.82, 2.24) is 24.4 Å². The summed E-state index contributed by atoms with van der Waals surface area (Å²) < 4.78 is 30.7. The van der Waals surface area contributed by atoms with Crippen molar-refractivity contribution < 1.29 is 20.1 Å². The molecule has 0 spiro atoms. The van der Waals surface area contributed by atoms with E-state index in [1.54, 1.807) is 16.9 Å². The van der Waals surface area contributed by atoms with Gasteiger partial charge in [-0.25, -0.2) is 18.3 Å². The van der Waals surface area contributed by atoms with E-state index < -0.39 is 24.1 Å². The third-order valence-corrected chi connectivity index (χ3v) is 7.36. The number of aromatic nitrogens is 5. The number of hydrogen-bond acceptors (Lipinski definition) is 6. The number of carbonyl (C=O) groups is 1. The summed E-state index contributed by atoms with van der Waals surface area (Å²) in [5, 5.41) is 20.8. The van der Waals surface area contributed by atoms with Crippen molar-refractivity contribution in [2.24, 2.45) is 11.8 Å². The minimum Gasteiger partial charge on any atom is -0.391 e. The zero-order chi connectivity index (χ0) is 24.7. The SMILES string of the molecule is CC(C)C1CCC(n2cc(NC(=O)c3cnn4ccc(N5CC[C@@H](O)C5)nc34)c(C(F)F)n2)CC1.[HH]. The van der Waals surface area contributed by atoms with Crippen LogP contribution in [0.5, 0.6) is 0 Å². The predicted octanol–water partition coefficient (Wildman–Crippen LogP) is 4.32. The van der Waals surface area contributed by atoms with Gasteiger partial charge >= 0.3 is 0 Å². The number of halogens is 2. The Bertz CT molecular complexity index is 1210. The van der Waals surface area contributed by atoms with E-state index in [0.717, 1.165) is 25.7 Å². The number of amides is 1. The molecule has 1 aliphatic heterocycles. The van der Waals surface area contributed by atoms with Gasteiger partial charge in [-0.15, -0.1) is 0 Å². The van der Waals surface area contributed by atoms with Gasteiger partial charge in [0.05, 0.1) is 24.0 Å². The topological polar surface area (TPSA) is 101 Å². The second-order valence-corrected chi connectivity index (χ2v) is 9.98. The van der Waals surface area contributed by atoms with Crippen molar-refractivity contribution in [1.29, 1.82) is 0 Å². The quantitative estimate of drug-likeness (QED) is 0.535. The number of nitrogens with zero attached hydrogens (tertiary/aromatic N) is 6. The van der Waals surface area contributed by atoms with Crippen molar-refractivity contribution in [3.63, 3.8) is 0 Å². The molecule has 0 bridgehead atoms. The van der Waals surface area contributed by atoms with Crippen LogP contribution in [-0.4, -0.2) is 54.6 Å². The molecule has 1 atom stereocenters. The highest BCUT2D eigenvalue weighted by atomic mass is 19.3. The fourth-order valence-corrected chi connectivity index (χ4v) is 5.22. The molecule has 190 valence electrons. The van der Waals surface area contributed by atoms with Gasteiger partial charge < -0.3 is 15.3 Å². The lowest BCUT2D eigenvalue weighted by Gasteiger charge is -2.30. The fraction of sp³-hybridized carbons (Fsp3) is 0.583. The highest BCUT2D eigenvalue weighted by Gasteiger charge is 2.28. The molecular weight excluding hydrogens is 456 g/mol. The Kier molecular flexibility index (Phi) is 6.43. The van der Waals surface area contributed by atoms with Crippen LogP contribution in [0.15, 0.2) is 24.7 Å². The lowest BCUT2D eigenvalue weighted by atomic mass is 9.80. The molecule has 2 aliphatic rings. The summed E-state index contributed by atoms with van der Waals surface area (Å²) in [7, 11) is 0. The van der Waals surface area contributed by atoms with Crippen LogP contribution in [0.25, 0.3) is 5.65 Å². The molecule has 11 heteroatoms. The molecule has 2 fully saturated rings. The van der Waals surface area contributed by atoms with Crippen molar-refractivity contribution in [2.45, 2.75) is 64.5 Å². The summed E-state index contributed by atoms with van der Waals surface area (Å²) >= 11 is 0. The third kappa shape index (κ3) is 4.73. The highest BCUT2D eigenvalue weighted by Crippen LogP contribution is 2.37. The number of nitrogens with one attached hydrogen (secondary N) is 1. The predicted molar refractivity (Wildman–Crippen MR) is 129 cm³/mol. The van der Waals surface area contributed by atoms with Crippen LogP contribution in [0, 0.1) is 11.8 Å². The Balaban J connectivity index is 0.00000304.